The smallest absolute Gasteiger partial charge is 0.146 e. The maximum absolute atomic E-state index is 12.3. The van der Waals surface area contributed by atoms with E-state index in [4.69, 9.17) is 4.74 Å². The summed E-state index contributed by atoms with van der Waals surface area (Å²) in [5, 5.41) is 33.5. The van der Waals surface area contributed by atoms with Gasteiger partial charge in [0.15, 0.2) is 0 Å². The molecular formula is C30H50O5. The van der Waals surface area contributed by atoms with Crippen molar-refractivity contribution in [3.63, 3.8) is 0 Å². The van der Waals surface area contributed by atoms with Crippen molar-refractivity contribution in [3.8, 4) is 0 Å². The molecule has 4 rings (SSSR count). The summed E-state index contributed by atoms with van der Waals surface area (Å²) < 4.78 is 6.56. The number of carbonyl (C=O) groups excluding carboxylic acids is 1. The Morgan fingerprint density at radius 3 is 2.23 bits per heavy atom. The number of allylic oxidation sites excluding steroid dienone is 2. The second kappa shape index (κ2) is 8.92. The maximum Gasteiger partial charge on any atom is 0.146 e. The number of hydrogen-bond donors (Lipinski definition) is 3. The van der Waals surface area contributed by atoms with Crippen molar-refractivity contribution in [1.29, 1.82) is 0 Å². The lowest BCUT2D eigenvalue weighted by molar-refractivity contribution is -0.206. The molecule has 9 atom stereocenters. The molecule has 5 heteroatoms. The minimum atomic E-state index is -0.812. The monoisotopic (exact) mass is 490 g/mol. The first-order valence-corrected chi connectivity index (χ1v) is 14.0. The Hall–Kier alpha value is -0.750. The molecule has 2 saturated carbocycles. The first kappa shape index (κ1) is 27.3. The SMILES string of the molecule is CC1(C)C(CC[C@@H]2[C@@]3(C)CC[C@@H](O)C(C)(C)O[C@@H]3CC[C@]2(C)O)C(C=O)=CCC2C1CC[C@@]2(C)O. The van der Waals surface area contributed by atoms with E-state index in [0.29, 0.717) is 18.8 Å². The van der Waals surface area contributed by atoms with Crippen LogP contribution < -0.4 is 0 Å². The fourth-order valence-electron chi connectivity index (χ4n) is 8.94. The number of ether oxygens (including phenoxy) is 1. The molecule has 0 bridgehead atoms. The summed E-state index contributed by atoms with van der Waals surface area (Å²) in [5.41, 5.74) is -1.58. The molecule has 0 amide bonds. The third-order valence-corrected chi connectivity index (χ3v) is 11.4. The third kappa shape index (κ3) is 4.57. The van der Waals surface area contributed by atoms with Crippen LogP contribution in [0.4, 0.5) is 0 Å². The third-order valence-electron chi connectivity index (χ3n) is 11.4. The Balaban J connectivity index is 1.62. The van der Waals surface area contributed by atoms with E-state index in [1.165, 1.54) is 0 Å². The van der Waals surface area contributed by atoms with E-state index >= 15 is 0 Å². The van der Waals surface area contributed by atoms with Crippen LogP contribution in [0.1, 0.15) is 106 Å². The van der Waals surface area contributed by atoms with Gasteiger partial charge in [0.25, 0.3) is 0 Å². The largest absolute Gasteiger partial charge is 0.390 e. The molecule has 200 valence electrons. The number of fused-ring (bicyclic) bond motifs is 2. The van der Waals surface area contributed by atoms with Gasteiger partial charge in [-0.1, -0.05) is 26.8 Å². The van der Waals surface area contributed by atoms with Crippen LogP contribution in [0.15, 0.2) is 11.6 Å². The summed E-state index contributed by atoms with van der Waals surface area (Å²) in [6.45, 7) is 14.7. The molecule has 0 radical (unpaired) electrons. The minimum Gasteiger partial charge on any atom is -0.390 e. The van der Waals surface area contributed by atoms with Crippen LogP contribution in [-0.2, 0) is 9.53 Å². The molecule has 0 aromatic heterocycles. The molecule has 1 heterocycles. The molecule has 3 fully saturated rings. The summed E-state index contributed by atoms with van der Waals surface area (Å²) in [6.07, 6.45) is 9.79. The van der Waals surface area contributed by atoms with E-state index in [9.17, 15) is 20.1 Å². The van der Waals surface area contributed by atoms with Gasteiger partial charge in [0, 0.05) is 0 Å². The Bertz CT molecular complexity index is 840. The van der Waals surface area contributed by atoms with Crippen molar-refractivity contribution in [2.45, 2.75) is 135 Å². The zero-order valence-electron chi connectivity index (χ0n) is 23.1. The Kier molecular flexibility index (Phi) is 6.96. The quantitative estimate of drug-likeness (QED) is 0.472. The van der Waals surface area contributed by atoms with E-state index in [0.717, 1.165) is 56.8 Å². The highest BCUT2D eigenvalue weighted by Crippen LogP contribution is 2.59. The second-order valence-electron chi connectivity index (χ2n) is 14.3. The van der Waals surface area contributed by atoms with E-state index in [1.54, 1.807) is 0 Å². The average molecular weight is 491 g/mol. The van der Waals surface area contributed by atoms with Gasteiger partial charge in [0.2, 0.25) is 0 Å². The van der Waals surface area contributed by atoms with Gasteiger partial charge in [0.05, 0.1) is 29.0 Å². The van der Waals surface area contributed by atoms with E-state index in [-0.39, 0.29) is 34.7 Å². The van der Waals surface area contributed by atoms with E-state index in [2.05, 4.69) is 26.8 Å². The average Bonchev–Trinajstić information content (AvgIpc) is 2.96. The Labute approximate surface area is 212 Å². The molecule has 4 aliphatic rings. The van der Waals surface area contributed by atoms with Crippen molar-refractivity contribution in [2.24, 2.45) is 34.5 Å². The molecule has 35 heavy (non-hydrogen) atoms. The highest BCUT2D eigenvalue weighted by molar-refractivity contribution is 5.74. The van der Waals surface area contributed by atoms with Gasteiger partial charge in [-0.15, -0.1) is 0 Å². The molecule has 1 saturated heterocycles. The van der Waals surface area contributed by atoms with Crippen molar-refractivity contribution < 1.29 is 24.9 Å². The fourth-order valence-corrected chi connectivity index (χ4v) is 8.94. The van der Waals surface area contributed by atoms with Crippen molar-refractivity contribution in [1.82, 2.24) is 0 Å². The van der Waals surface area contributed by atoms with Crippen LogP contribution in [0.5, 0.6) is 0 Å². The van der Waals surface area contributed by atoms with Gasteiger partial charge < -0.3 is 20.1 Å². The van der Waals surface area contributed by atoms with Crippen LogP contribution >= 0.6 is 0 Å². The summed E-state index contributed by atoms with van der Waals surface area (Å²) in [4.78, 5) is 12.3. The van der Waals surface area contributed by atoms with E-state index in [1.807, 2.05) is 27.7 Å². The number of rotatable bonds is 4. The summed E-state index contributed by atoms with van der Waals surface area (Å²) in [6, 6.07) is 0. The molecule has 3 N–H and O–H groups in total. The van der Waals surface area contributed by atoms with E-state index < -0.39 is 22.9 Å². The van der Waals surface area contributed by atoms with Crippen molar-refractivity contribution in [2.75, 3.05) is 0 Å². The lowest BCUT2D eigenvalue weighted by Crippen LogP contribution is -2.56. The Morgan fingerprint density at radius 1 is 0.914 bits per heavy atom. The first-order valence-electron chi connectivity index (χ1n) is 14.0. The number of carbonyl (C=O) groups is 1. The fraction of sp³-hybridized carbons (Fsp3) is 0.900. The number of aliphatic hydroxyl groups excluding tert-OH is 1. The summed E-state index contributed by atoms with van der Waals surface area (Å²) >= 11 is 0. The lowest BCUT2D eigenvalue weighted by Gasteiger charge is -2.54. The standard InChI is InChI=1S/C30H50O5/c1-26(2)20(19(18-31)8-9-22-21(26)12-16-29(22,6)33)10-11-23-28(5)15-13-24(32)27(3,4)35-25(28)14-17-30(23,7)34/h8,18,20-25,32-34H,9-17H2,1-7H3/t20?,21?,22?,23-,24-,25-,28-,29-,30+/m1/s1. The number of aliphatic hydroxyl groups is 3. The molecule has 3 aliphatic carbocycles. The second-order valence-corrected chi connectivity index (χ2v) is 14.3. The van der Waals surface area contributed by atoms with Crippen LogP contribution in [0.25, 0.3) is 0 Å². The van der Waals surface area contributed by atoms with Crippen LogP contribution in [-0.4, -0.2) is 50.6 Å². The van der Waals surface area contributed by atoms with Crippen molar-refractivity contribution >= 4 is 6.29 Å². The predicted octanol–water partition coefficient (Wildman–Crippen LogP) is 5.20. The lowest BCUT2D eigenvalue weighted by atomic mass is 9.55. The van der Waals surface area contributed by atoms with Crippen molar-refractivity contribution in [3.05, 3.63) is 11.6 Å². The molecule has 3 unspecified atom stereocenters. The normalized spacial score (nSPS) is 49.3. The molecular weight excluding hydrogens is 440 g/mol. The van der Waals surface area contributed by atoms with Gasteiger partial charge in [-0.25, -0.2) is 0 Å². The highest BCUT2D eigenvalue weighted by atomic mass is 16.5. The summed E-state index contributed by atoms with van der Waals surface area (Å²) in [5.74, 6) is 0.654. The van der Waals surface area contributed by atoms with Gasteiger partial charge in [-0.05, 0) is 126 Å². The predicted molar refractivity (Wildman–Crippen MR) is 138 cm³/mol. The van der Waals surface area contributed by atoms with Crippen LogP contribution in [0.2, 0.25) is 0 Å². The van der Waals surface area contributed by atoms with Crippen LogP contribution in [0, 0.1) is 34.5 Å². The topological polar surface area (TPSA) is 87.0 Å². The zero-order chi connectivity index (χ0) is 26.0. The summed E-state index contributed by atoms with van der Waals surface area (Å²) in [7, 11) is 0. The molecule has 1 aliphatic heterocycles. The molecule has 0 spiro atoms. The molecule has 0 aromatic carbocycles. The highest BCUT2D eigenvalue weighted by Gasteiger charge is 2.58. The molecule has 5 nitrogen and oxygen atoms in total. The first-order chi connectivity index (χ1) is 16.1. The minimum absolute atomic E-state index is 0.00240. The number of aldehydes is 1. The van der Waals surface area contributed by atoms with Crippen LogP contribution in [0.3, 0.4) is 0 Å². The molecule has 0 aromatic rings. The maximum atomic E-state index is 12.3. The number of hydrogen-bond acceptors (Lipinski definition) is 5. The van der Waals surface area contributed by atoms with Gasteiger partial charge in [-0.2, -0.15) is 0 Å². The van der Waals surface area contributed by atoms with Gasteiger partial charge in [-0.3, -0.25) is 4.79 Å². The van der Waals surface area contributed by atoms with Gasteiger partial charge in [0.1, 0.15) is 6.29 Å². The zero-order valence-corrected chi connectivity index (χ0v) is 23.1. The van der Waals surface area contributed by atoms with Gasteiger partial charge >= 0.3 is 0 Å². The Morgan fingerprint density at radius 2 is 1.57 bits per heavy atom.